The zero-order valence-corrected chi connectivity index (χ0v) is 13.9. The fourth-order valence-electron chi connectivity index (χ4n) is 1.95. The lowest BCUT2D eigenvalue weighted by atomic mass is 10.1. The first-order chi connectivity index (χ1) is 9.76. The van der Waals surface area contributed by atoms with Gasteiger partial charge in [0.05, 0.1) is 10.2 Å². The molecule has 2 N–H and O–H groups in total. The van der Waals surface area contributed by atoms with Crippen molar-refractivity contribution in [2.75, 3.05) is 6.54 Å². The van der Waals surface area contributed by atoms with Crippen molar-refractivity contribution in [1.82, 2.24) is 4.98 Å². The van der Waals surface area contributed by atoms with E-state index < -0.39 is 0 Å². The molecular weight excluding hydrogens is 352 g/mol. The molecule has 2 aromatic carbocycles. The SMILES string of the molecule is NCCc1ccc(Sc2nc3ccccc3s2)cc1Br. The van der Waals surface area contributed by atoms with Gasteiger partial charge in [-0.05, 0) is 42.8 Å². The zero-order valence-electron chi connectivity index (χ0n) is 10.7. The topological polar surface area (TPSA) is 38.9 Å². The Morgan fingerprint density at radius 3 is 2.80 bits per heavy atom. The molecule has 102 valence electrons. The molecule has 0 aliphatic carbocycles. The van der Waals surface area contributed by atoms with E-state index in [4.69, 9.17) is 5.73 Å². The Morgan fingerprint density at radius 2 is 2.05 bits per heavy atom. The zero-order chi connectivity index (χ0) is 13.9. The molecule has 0 saturated heterocycles. The minimum atomic E-state index is 0.670. The number of para-hydroxylation sites is 1. The van der Waals surface area contributed by atoms with Gasteiger partial charge in [-0.15, -0.1) is 11.3 Å². The van der Waals surface area contributed by atoms with Crippen LogP contribution in [0.5, 0.6) is 0 Å². The third kappa shape index (κ3) is 3.06. The van der Waals surface area contributed by atoms with Crippen LogP contribution in [0.2, 0.25) is 0 Å². The van der Waals surface area contributed by atoms with E-state index in [0.29, 0.717) is 6.54 Å². The lowest BCUT2D eigenvalue weighted by Crippen LogP contribution is -2.03. The van der Waals surface area contributed by atoms with Gasteiger partial charge >= 0.3 is 0 Å². The minimum absolute atomic E-state index is 0.670. The Morgan fingerprint density at radius 1 is 1.20 bits per heavy atom. The van der Waals surface area contributed by atoms with E-state index in [0.717, 1.165) is 20.7 Å². The number of halogens is 1. The van der Waals surface area contributed by atoms with Crippen LogP contribution in [-0.4, -0.2) is 11.5 Å². The number of nitrogens with zero attached hydrogens (tertiary/aromatic N) is 1. The predicted molar refractivity (Wildman–Crippen MR) is 90.6 cm³/mol. The van der Waals surface area contributed by atoms with Crippen molar-refractivity contribution in [3.8, 4) is 0 Å². The third-order valence-electron chi connectivity index (χ3n) is 2.92. The van der Waals surface area contributed by atoms with Crippen LogP contribution in [0, 0.1) is 0 Å². The molecule has 0 radical (unpaired) electrons. The number of nitrogens with two attached hydrogens (primary N) is 1. The molecule has 2 nitrogen and oxygen atoms in total. The van der Waals surface area contributed by atoms with Crippen molar-refractivity contribution < 1.29 is 0 Å². The van der Waals surface area contributed by atoms with Crippen molar-refractivity contribution in [3.05, 3.63) is 52.5 Å². The number of thiazole rings is 1. The molecule has 0 fully saturated rings. The standard InChI is InChI=1S/C15H13BrN2S2/c16-12-9-11(6-5-10(12)7-8-17)19-15-18-13-3-1-2-4-14(13)20-15/h1-6,9H,7-8,17H2. The maximum absolute atomic E-state index is 5.60. The lowest BCUT2D eigenvalue weighted by Gasteiger charge is -2.04. The van der Waals surface area contributed by atoms with Crippen molar-refractivity contribution in [3.63, 3.8) is 0 Å². The molecule has 20 heavy (non-hydrogen) atoms. The van der Waals surface area contributed by atoms with Crippen LogP contribution in [0.25, 0.3) is 10.2 Å². The monoisotopic (exact) mass is 364 g/mol. The summed E-state index contributed by atoms with van der Waals surface area (Å²) in [4.78, 5) is 5.83. The normalized spacial score (nSPS) is 11.1. The largest absolute Gasteiger partial charge is 0.330 e. The van der Waals surface area contributed by atoms with E-state index in [-0.39, 0.29) is 0 Å². The van der Waals surface area contributed by atoms with Gasteiger partial charge in [-0.25, -0.2) is 4.98 Å². The molecule has 3 rings (SSSR count). The van der Waals surface area contributed by atoms with Gasteiger partial charge in [0.2, 0.25) is 0 Å². The summed E-state index contributed by atoms with van der Waals surface area (Å²) in [6.45, 7) is 0.670. The molecule has 3 aromatic rings. The first-order valence-electron chi connectivity index (χ1n) is 6.28. The summed E-state index contributed by atoms with van der Waals surface area (Å²) in [6.07, 6.45) is 0.896. The van der Waals surface area contributed by atoms with E-state index in [1.807, 2.05) is 12.1 Å². The van der Waals surface area contributed by atoms with Gasteiger partial charge in [-0.2, -0.15) is 0 Å². The van der Waals surface area contributed by atoms with Crippen molar-refractivity contribution >= 4 is 49.2 Å². The second kappa shape index (κ2) is 6.26. The number of hydrogen-bond acceptors (Lipinski definition) is 4. The Bertz CT molecular complexity index is 707. The first kappa shape index (κ1) is 14.1. The van der Waals surface area contributed by atoms with Gasteiger partial charge in [0.1, 0.15) is 0 Å². The van der Waals surface area contributed by atoms with Gasteiger partial charge in [-0.1, -0.05) is 45.9 Å². The minimum Gasteiger partial charge on any atom is -0.330 e. The Hall–Kier alpha value is -0.880. The van der Waals surface area contributed by atoms with Crippen molar-refractivity contribution in [2.45, 2.75) is 15.7 Å². The lowest BCUT2D eigenvalue weighted by molar-refractivity contribution is 0.960. The van der Waals surface area contributed by atoms with Gasteiger partial charge in [0, 0.05) is 9.37 Å². The van der Waals surface area contributed by atoms with Crippen molar-refractivity contribution in [2.24, 2.45) is 5.73 Å². The van der Waals surface area contributed by atoms with E-state index >= 15 is 0 Å². The highest BCUT2D eigenvalue weighted by Crippen LogP contribution is 2.35. The predicted octanol–water partition coefficient (Wildman–Crippen LogP) is 4.71. The second-order valence-corrected chi connectivity index (χ2v) is 7.55. The molecule has 1 aromatic heterocycles. The second-order valence-electron chi connectivity index (χ2n) is 4.34. The summed E-state index contributed by atoms with van der Waals surface area (Å²) in [5, 5.41) is 0. The van der Waals surface area contributed by atoms with Gasteiger partial charge in [-0.3, -0.25) is 0 Å². The summed E-state index contributed by atoms with van der Waals surface area (Å²) in [5.74, 6) is 0. The van der Waals surface area contributed by atoms with Crippen LogP contribution in [-0.2, 0) is 6.42 Å². The third-order valence-corrected chi connectivity index (χ3v) is 5.74. The average Bonchev–Trinajstić information content (AvgIpc) is 2.84. The molecular formula is C15H13BrN2S2. The highest BCUT2D eigenvalue weighted by atomic mass is 79.9. The Balaban J connectivity index is 1.85. The number of aromatic nitrogens is 1. The molecule has 0 aliphatic rings. The fourth-order valence-corrected chi connectivity index (χ4v) is 4.75. The summed E-state index contributed by atoms with van der Waals surface area (Å²) in [6, 6.07) is 14.6. The van der Waals surface area contributed by atoms with Crippen LogP contribution < -0.4 is 5.73 Å². The van der Waals surface area contributed by atoms with E-state index in [2.05, 4.69) is 51.2 Å². The van der Waals surface area contributed by atoms with Crippen LogP contribution in [0.3, 0.4) is 0 Å². The molecule has 0 atom stereocenters. The summed E-state index contributed by atoms with van der Waals surface area (Å²) >= 11 is 7.04. The number of rotatable bonds is 4. The van der Waals surface area contributed by atoms with Gasteiger partial charge in [0.25, 0.3) is 0 Å². The molecule has 0 aliphatic heterocycles. The molecule has 1 heterocycles. The Labute approximate surface area is 134 Å². The summed E-state index contributed by atoms with van der Waals surface area (Å²) in [5.41, 5.74) is 7.92. The van der Waals surface area contributed by atoms with Gasteiger partial charge in [0.15, 0.2) is 4.34 Å². The smallest absolute Gasteiger partial charge is 0.155 e. The highest BCUT2D eigenvalue weighted by molar-refractivity contribution is 9.10. The number of benzene rings is 2. The van der Waals surface area contributed by atoms with Crippen LogP contribution in [0.15, 0.2) is 56.2 Å². The van der Waals surface area contributed by atoms with E-state index in [1.165, 1.54) is 15.2 Å². The highest BCUT2D eigenvalue weighted by Gasteiger charge is 2.07. The van der Waals surface area contributed by atoms with E-state index in [1.54, 1.807) is 23.1 Å². The maximum Gasteiger partial charge on any atom is 0.155 e. The molecule has 0 amide bonds. The maximum atomic E-state index is 5.60. The average molecular weight is 365 g/mol. The van der Waals surface area contributed by atoms with E-state index in [9.17, 15) is 0 Å². The molecule has 0 bridgehead atoms. The summed E-state index contributed by atoms with van der Waals surface area (Å²) < 4.78 is 3.42. The fraction of sp³-hybridized carbons (Fsp3) is 0.133. The quantitative estimate of drug-likeness (QED) is 0.728. The Kier molecular flexibility index (Phi) is 4.41. The van der Waals surface area contributed by atoms with Crippen LogP contribution in [0.1, 0.15) is 5.56 Å². The summed E-state index contributed by atoms with van der Waals surface area (Å²) in [7, 11) is 0. The van der Waals surface area contributed by atoms with Crippen molar-refractivity contribution in [1.29, 1.82) is 0 Å². The molecule has 0 unspecified atom stereocenters. The molecule has 5 heteroatoms. The number of fused-ring (bicyclic) bond motifs is 1. The van der Waals surface area contributed by atoms with Crippen LogP contribution in [0.4, 0.5) is 0 Å². The van der Waals surface area contributed by atoms with Crippen LogP contribution >= 0.6 is 39.0 Å². The molecule has 0 spiro atoms. The first-order valence-corrected chi connectivity index (χ1v) is 8.71. The number of hydrogen-bond donors (Lipinski definition) is 1. The van der Waals surface area contributed by atoms with Gasteiger partial charge < -0.3 is 5.73 Å². The molecule has 0 saturated carbocycles.